The van der Waals surface area contributed by atoms with E-state index in [1.54, 1.807) is 0 Å². The van der Waals surface area contributed by atoms with Crippen LogP contribution in [0.25, 0.3) is 0 Å². The highest BCUT2D eigenvalue weighted by Crippen LogP contribution is 1.98. The molecule has 0 heterocycles. The average molecular weight is 165 g/mol. The molecule has 0 unspecified atom stereocenters. The Kier molecular flexibility index (Phi) is 14.4. The van der Waals surface area contributed by atoms with Gasteiger partial charge in [-0.05, 0) is 6.42 Å². The molecule has 0 aromatic rings. The summed E-state index contributed by atoms with van der Waals surface area (Å²) in [6, 6.07) is 0. The molecule has 0 spiro atoms. The maximum atomic E-state index is 8.70. The van der Waals surface area contributed by atoms with Gasteiger partial charge >= 0.3 is 8.25 Å². The van der Waals surface area contributed by atoms with Crippen molar-refractivity contribution in [3.8, 4) is 0 Å². The zero-order valence-electron chi connectivity index (χ0n) is 6.16. The van der Waals surface area contributed by atoms with Crippen LogP contribution in [-0.4, -0.2) is 9.79 Å². The fourth-order valence-electron chi connectivity index (χ4n) is 0.348. The normalized spacial score (nSPS) is 7.50. The fourth-order valence-corrected chi connectivity index (χ4v) is 0.348. The van der Waals surface area contributed by atoms with Crippen LogP contribution in [0, 0.1) is 0 Å². The summed E-state index contributed by atoms with van der Waals surface area (Å²) in [5.41, 5.74) is 0. The van der Waals surface area contributed by atoms with Crippen LogP contribution >= 0.6 is 8.25 Å². The van der Waals surface area contributed by atoms with E-state index in [9.17, 15) is 0 Å². The number of rotatable bonds is 3. The van der Waals surface area contributed by atoms with E-state index in [1.165, 1.54) is 19.3 Å². The van der Waals surface area contributed by atoms with Crippen LogP contribution in [0.15, 0.2) is 12.7 Å². The smallest absolute Gasteiger partial charge is 0.134 e. The Morgan fingerprint density at radius 2 is 2.00 bits per heavy atom. The lowest BCUT2D eigenvalue weighted by Crippen LogP contribution is -1.61. The molecular formula is C6H14O3P+. The third-order valence-corrected chi connectivity index (χ3v) is 0.762. The van der Waals surface area contributed by atoms with Crippen molar-refractivity contribution in [1.29, 1.82) is 0 Å². The predicted octanol–water partition coefficient (Wildman–Crippen LogP) is 1.99. The van der Waals surface area contributed by atoms with Crippen LogP contribution in [-0.2, 0) is 4.57 Å². The molecule has 3 nitrogen and oxygen atoms in total. The van der Waals surface area contributed by atoms with Gasteiger partial charge in [-0.3, -0.25) is 0 Å². The quantitative estimate of drug-likeness (QED) is 0.382. The zero-order valence-corrected chi connectivity index (χ0v) is 7.05. The van der Waals surface area contributed by atoms with Crippen LogP contribution in [0.5, 0.6) is 0 Å². The molecule has 10 heavy (non-hydrogen) atoms. The molecule has 0 saturated heterocycles. The van der Waals surface area contributed by atoms with Crippen molar-refractivity contribution in [3.63, 3.8) is 0 Å². The van der Waals surface area contributed by atoms with E-state index < -0.39 is 8.25 Å². The van der Waals surface area contributed by atoms with Gasteiger partial charge in [-0.25, -0.2) is 0 Å². The Morgan fingerprint density at radius 3 is 2.10 bits per heavy atom. The molecule has 0 bridgehead atoms. The monoisotopic (exact) mass is 165 g/mol. The van der Waals surface area contributed by atoms with Crippen LogP contribution in [0.2, 0.25) is 0 Å². The van der Waals surface area contributed by atoms with Crippen molar-refractivity contribution >= 4 is 8.25 Å². The van der Waals surface area contributed by atoms with Crippen LogP contribution in [0.4, 0.5) is 0 Å². The zero-order chi connectivity index (χ0) is 8.41. The van der Waals surface area contributed by atoms with Crippen molar-refractivity contribution < 1.29 is 14.4 Å². The van der Waals surface area contributed by atoms with E-state index in [4.69, 9.17) is 14.4 Å². The van der Waals surface area contributed by atoms with Crippen molar-refractivity contribution in [3.05, 3.63) is 12.7 Å². The van der Waals surface area contributed by atoms with Gasteiger partial charge in [0.2, 0.25) is 0 Å². The van der Waals surface area contributed by atoms with Crippen molar-refractivity contribution in [2.45, 2.75) is 26.2 Å². The fraction of sp³-hybridized carbons (Fsp3) is 0.667. The van der Waals surface area contributed by atoms with Gasteiger partial charge in [0, 0.05) is 4.57 Å². The summed E-state index contributed by atoms with van der Waals surface area (Å²) in [7, 11) is -2.87. The lowest BCUT2D eigenvalue weighted by molar-refractivity contribution is 0.405. The lowest BCUT2D eigenvalue weighted by Gasteiger charge is -1.81. The maximum absolute atomic E-state index is 8.70. The number of hydrogen-bond donors (Lipinski definition) is 2. The topological polar surface area (TPSA) is 57.5 Å². The van der Waals surface area contributed by atoms with Crippen LogP contribution in [0.1, 0.15) is 26.2 Å². The summed E-state index contributed by atoms with van der Waals surface area (Å²) in [5, 5.41) is 0. The van der Waals surface area contributed by atoms with Gasteiger partial charge in [0.15, 0.2) is 0 Å². The van der Waals surface area contributed by atoms with E-state index in [0.717, 1.165) is 0 Å². The van der Waals surface area contributed by atoms with E-state index in [2.05, 4.69) is 13.5 Å². The largest absolute Gasteiger partial charge is 0.692 e. The van der Waals surface area contributed by atoms with Gasteiger partial charge < -0.3 is 0 Å². The molecule has 0 aliphatic heterocycles. The Hall–Kier alpha value is -0.240. The Balaban J connectivity index is 0. The summed E-state index contributed by atoms with van der Waals surface area (Å²) in [6.07, 6.45) is 5.72. The maximum Gasteiger partial charge on any atom is 0.692 e. The summed E-state index contributed by atoms with van der Waals surface area (Å²) in [5.74, 6) is 0. The minimum absolute atomic E-state index is 1.18. The first-order valence-corrected chi connectivity index (χ1v) is 4.27. The van der Waals surface area contributed by atoms with Gasteiger partial charge in [-0.15, -0.1) is 16.4 Å². The first-order chi connectivity index (χ1) is 4.65. The number of allylic oxidation sites excluding steroid dienone is 1. The molecule has 0 atom stereocenters. The van der Waals surface area contributed by atoms with Crippen molar-refractivity contribution in [1.82, 2.24) is 0 Å². The summed E-state index contributed by atoms with van der Waals surface area (Å²) in [6.45, 7) is 5.78. The Morgan fingerprint density at radius 1 is 1.60 bits per heavy atom. The van der Waals surface area contributed by atoms with Gasteiger partial charge in [-0.2, -0.15) is 0 Å². The molecule has 2 N–H and O–H groups in total. The molecule has 0 aliphatic rings. The van der Waals surface area contributed by atoms with E-state index in [-0.39, 0.29) is 0 Å². The summed E-state index contributed by atoms with van der Waals surface area (Å²) >= 11 is 0. The number of unbranched alkanes of at least 4 members (excludes halogenated alkanes) is 2. The average Bonchev–Trinajstić information content (AvgIpc) is 1.82. The minimum Gasteiger partial charge on any atom is -0.134 e. The molecule has 0 fully saturated rings. The molecule has 0 aromatic carbocycles. The molecule has 0 rings (SSSR count). The first kappa shape index (κ1) is 12.4. The SMILES string of the molecule is C=CCCCC.O=[P+](O)O. The second-order valence-corrected chi connectivity index (χ2v) is 2.19. The van der Waals surface area contributed by atoms with E-state index >= 15 is 0 Å². The van der Waals surface area contributed by atoms with Gasteiger partial charge in [0.1, 0.15) is 0 Å². The Bertz CT molecular complexity index is 89.0. The Labute approximate surface area is 62.3 Å². The highest BCUT2D eigenvalue weighted by molar-refractivity contribution is 7.30. The van der Waals surface area contributed by atoms with E-state index in [1.807, 2.05) is 6.08 Å². The molecule has 4 heteroatoms. The molecule has 0 amide bonds. The highest BCUT2D eigenvalue weighted by Gasteiger charge is 1.93. The molecule has 0 radical (unpaired) electrons. The van der Waals surface area contributed by atoms with Gasteiger partial charge in [-0.1, -0.05) is 25.8 Å². The molecule has 0 aliphatic carbocycles. The summed E-state index contributed by atoms with van der Waals surface area (Å²) < 4.78 is 8.70. The highest BCUT2D eigenvalue weighted by atomic mass is 31.1. The molecule has 60 valence electrons. The molecular weight excluding hydrogens is 151 g/mol. The third kappa shape index (κ3) is 46.6. The minimum atomic E-state index is -2.87. The predicted molar refractivity (Wildman–Crippen MR) is 41.8 cm³/mol. The number of hydrogen-bond acceptors (Lipinski definition) is 1. The van der Waals surface area contributed by atoms with Gasteiger partial charge in [0.25, 0.3) is 0 Å². The molecule has 0 aromatic heterocycles. The first-order valence-electron chi connectivity index (χ1n) is 3.11. The summed E-state index contributed by atoms with van der Waals surface area (Å²) in [4.78, 5) is 14.2. The van der Waals surface area contributed by atoms with Gasteiger partial charge in [0.05, 0.1) is 0 Å². The van der Waals surface area contributed by atoms with E-state index in [0.29, 0.717) is 0 Å². The van der Waals surface area contributed by atoms with Crippen LogP contribution in [0.3, 0.4) is 0 Å². The van der Waals surface area contributed by atoms with Crippen molar-refractivity contribution in [2.24, 2.45) is 0 Å². The van der Waals surface area contributed by atoms with Crippen molar-refractivity contribution in [2.75, 3.05) is 0 Å². The van der Waals surface area contributed by atoms with Crippen LogP contribution < -0.4 is 0 Å². The lowest BCUT2D eigenvalue weighted by atomic mass is 10.3. The molecule has 0 saturated carbocycles. The standard InChI is InChI=1S/C6H12.HO3P/c1-3-5-6-4-2;1-4(2)3/h3H,1,4-6H2,2H3;(H-,1,2,3)/p+1. The second-order valence-electron chi connectivity index (χ2n) is 1.68. The second kappa shape index (κ2) is 11.5. The third-order valence-electron chi connectivity index (χ3n) is 0.762.